The third-order valence-corrected chi connectivity index (χ3v) is 3.09. The van der Waals surface area contributed by atoms with Crippen molar-refractivity contribution < 1.29 is 0 Å². The van der Waals surface area contributed by atoms with Gasteiger partial charge in [-0.05, 0) is 36.9 Å². The van der Waals surface area contributed by atoms with E-state index >= 15 is 0 Å². The Bertz CT molecular complexity index is 294. The molecule has 1 unspecified atom stereocenters. The summed E-state index contributed by atoms with van der Waals surface area (Å²) in [5, 5.41) is 0.866. The maximum atomic E-state index is 6.11. The number of benzene rings is 1. The lowest BCUT2D eigenvalue weighted by atomic mass is 9.94. The Morgan fingerprint density at radius 3 is 2.62 bits per heavy atom. The lowest BCUT2D eigenvalue weighted by Gasteiger charge is -2.15. The number of rotatable bonds is 3. The second kappa shape index (κ2) is 3.69. The van der Waals surface area contributed by atoms with Crippen molar-refractivity contribution in [3.8, 4) is 0 Å². The van der Waals surface area contributed by atoms with Crippen LogP contribution in [0.4, 0.5) is 0 Å². The van der Waals surface area contributed by atoms with Crippen LogP contribution in [-0.4, -0.2) is 6.54 Å². The molecule has 1 fully saturated rings. The van der Waals surface area contributed by atoms with Gasteiger partial charge in [-0.15, -0.1) is 0 Å². The van der Waals surface area contributed by atoms with Crippen LogP contribution in [-0.2, 0) is 0 Å². The Morgan fingerprint density at radius 1 is 1.38 bits per heavy atom. The van der Waals surface area contributed by atoms with Crippen LogP contribution >= 0.6 is 11.6 Å². The van der Waals surface area contributed by atoms with Crippen molar-refractivity contribution >= 4 is 11.6 Å². The van der Waals surface area contributed by atoms with Gasteiger partial charge in [-0.1, -0.05) is 29.8 Å². The molecule has 0 amide bonds. The molecule has 1 aromatic carbocycles. The van der Waals surface area contributed by atoms with Crippen LogP contribution < -0.4 is 5.73 Å². The molecule has 0 radical (unpaired) electrons. The highest BCUT2D eigenvalue weighted by Crippen LogP contribution is 2.43. The number of halogens is 1. The van der Waals surface area contributed by atoms with Gasteiger partial charge in [0.15, 0.2) is 0 Å². The van der Waals surface area contributed by atoms with Crippen LogP contribution in [0.25, 0.3) is 0 Å². The molecule has 0 aliphatic heterocycles. The van der Waals surface area contributed by atoms with E-state index in [-0.39, 0.29) is 0 Å². The Morgan fingerprint density at radius 2 is 2.08 bits per heavy atom. The summed E-state index contributed by atoms with van der Waals surface area (Å²) in [6, 6.07) is 8.04. The average Bonchev–Trinajstić information content (AvgIpc) is 2.93. The molecular weight excluding hydrogens is 182 g/mol. The highest BCUT2D eigenvalue weighted by molar-refractivity contribution is 6.31. The van der Waals surface area contributed by atoms with Gasteiger partial charge in [0, 0.05) is 10.9 Å². The van der Waals surface area contributed by atoms with E-state index in [1.54, 1.807) is 0 Å². The zero-order chi connectivity index (χ0) is 9.26. The zero-order valence-electron chi connectivity index (χ0n) is 7.54. The molecule has 2 N–H and O–H groups in total. The van der Waals surface area contributed by atoms with Crippen LogP contribution in [0.1, 0.15) is 24.3 Å². The predicted molar refractivity (Wildman–Crippen MR) is 56.0 cm³/mol. The molecule has 0 heterocycles. The first-order valence-corrected chi connectivity index (χ1v) is 5.15. The fourth-order valence-electron chi connectivity index (χ4n) is 1.85. The SMILES string of the molecule is NCC(c1ccccc1Cl)C1CC1. The molecular formula is C11H14ClN. The zero-order valence-corrected chi connectivity index (χ0v) is 8.30. The fraction of sp³-hybridized carbons (Fsp3) is 0.455. The van der Waals surface area contributed by atoms with E-state index in [1.807, 2.05) is 18.2 Å². The molecule has 0 spiro atoms. The lowest BCUT2D eigenvalue weighted by molar-refractivity contribution is 0.616. The molecule has 1 saturated carbocycles. The second-order valence-corrected chi connectivity index (χ2v) is 4.11. The maximum Gasteiger partial charge on any atom is 0.0441 e. The van der Waals surface area contributed by atoms with Crippen LogP contribution in [0.5, 0.6) is 0 Å². The molecule has 0 aromatic heterocycles. The number of nitrogens with two attached hydrogens (primary N) is 1. The molecule has 0 bridgehead atoms. The van der Waals surface area contributed by atoms with E-state index in [0.29, 0.717) is 12.5 Å². The van der Waals surface area contributed by atoms with Gasteiger partial charge in [-0.3, -0.25) is 0 Å². The highest BCUT2D eigenvalue weighted by atomic mass is 35.5. The minimum atomic E-state index is 0.480. The summed E-state index contributed by atoms with van der Waals surface area (Å²) in [7, 11) is 0. The number of hydrogen-bond donors (Lipinski definition) is 1. The lowest BCUT2D eigenvalue weighted by Crippen LogP contribution is -2.14. The minimum absolute atomic E-state index is 0.480. The van der Waals surface area contributed by atoms with Gasteiger partial charge in [-0.25, -0.2) is 0 Å². The summed E-state index contributed by atoms with van der Waals surface area (Å²) in [5.41, 5.74) is 6.99. The maximum absolute atomic E-state index is 6.11. The fourth-order valence-corrected chi connectivity index (χ4v) is 2.12. The highest BCUT2D eigenvalue weighted by Gasteiger charge is 2.32. The summed E-state index contributed by atoms with van der Waals surface area (Å²) < 4.78 is 0. The van der Waals surface area contributed by atoms with Gasteiger partial charge >= 0.3 is 0 Å². The summed E-state index contributed by atoms with van der Waals surface area (Å²) >= 11 is 6.11. The van der Waals surface area contributed by atoms with Crippen LogP contribution in [0, 0.1) is 5.92 Å². The summed E-state index contributed by atoms with van der Waals surface area (Å²) in [5.74, 6) is 1.26. The van der Waals surface area contributed by atoms with Gasteiger partial charge in [0.1, 0.15) is 0 Å². The van der Waals surface area contributed by atoms with Gasteiger partial charge in [0.25, 0.3) is 0 Å². The normalized spacial score (nSPS) is 18.6. The summed E-state index contributed by atoms with van der Waals surface area (Å²) in [6.45, 7) is 0.717. The van der Waals surface area contributed by atoms with E-state index in [9.17, 15) is 0 Å². The van der Waals surface area contributed by atoms with E-state index in [1.165, 1.54) is 18.4 Å². The second-order valence-electron chi connectivity index (χ2n) is 3.70. The molecule has 1 atom stereocenters. The molecule has 1 aliphatic carbocycles. The predicted octanol–water partition coefficient (Wildman–Crippen LogP) is 2.79. The van der Waals surface area contributed by atoms with Gasteiger partial charge in [0.2, 0.25) is 0 Å². The average molecular weight is 196 g/mol. The van der Waals surface area contributed by atoms with Crippen molar-refractivity contribution in [1.82, 2.24) is 0 Å². The quantitative estimate of drug-likeness (QED) is 0.789. The van der Waals surface area contributed by atoms with E-state index < -0.39 is 0 Å². The standard InChI is InChI=1S/C11H14ClN/c12-11-4-2-1-3-9(11)10(7-13)8-5-6-8/h1-4,8,10H,5-7,13H2. The van der Waals surface area contributed by atoms with E-state index in [0.717, 1.165) is 10.9 Å². The molecule has 2 rings (SSSR count). The van der Waals surface area contributed by atoms with E-state index in [2.05, 4.69) is 6.07 Å². The molecule has 1 aromatic rings. The first-order valence-electron chi connectivity index (χ1n) is 4.77. The van der Waals surface area contributed by atoms with Gasteiger partial charge in [0.05, 0.1) is 0 Å². The van der Waals surface area contributed by atoms with Crippen LogP contribution in [0.2, 0.25) is 5.02 Å². The largest absolute Gasteiger partial charge is 0.330 e. The monoisotopic (exact) mass is 195 g/mol. The Kier molecular flexibility index (Phi) is 2.56. The van der Waals surface area contributed by atoms with Crippen molar-refractivity contribution in [2.45, 2.75) is 18.8 Å². The minimum Gasteiger partial charge on any atom is -0.330 e. The third kappa shape index (κ3) is 1.87. The molecule has 70 valence electrons. The van der Waals surface area contributed by atoms with Crippen molar-refractivity contribution in [2.75, 3.05) is 6.54 Å². The Balaban J connectivity index is 2.26. The summed E-state index contributed by atoms with van der Waals surface area (Å²) in [4.78, 5) is 0. The molecule has 1 aliphatic rings. The molecule has 1 nitrogen and oxygen atoms in total. The topological polar surface area (TPSA) is 26.0 Å². The molecule has 0 saturated heterocycles. The van der Waals surface area contributed by atoms with Crippen LogP contribution in [0.3, 0.4) is 0 Å². The first-order chi connectivity index (χ1) is 6.33. The van der Waals surface area contributed by atoms with E-state index in [4.69, 9.17) is 17.3 Å². The number of hydrogen-bond acceptors (Lipinski definition) is 1. The van der Waals surface area contributed by atoms with Crippen molar-refractivity contribution in [2.24, 2.45) is 11.7 Å². The Hall–Kier alpha value is -0.530. The van der Waals surface area contributed by atoms with Gasteiger partial charge in [-0.2, -0.15) is 0 Å². The molecule has 13 heavy (non-hydrogen) atoms. The van der Waals surface area contributed by atoms with Gasteiger partial charge < -0.3 is 5.73 Å². The summed E-state index contributed by atoms with van der Waals surface area (Å²) in [6.07, 6.45) is 2.63. The Labute approximate surface area is 83.9 Å². The van der Waals surface area contributed by atoms with Crippen molar-refractivity contribution in [1.29, 1.82) is 0 Å². The third-order valence-electron chi connectivity index (χ3n) is 2.75. The van der Waals surface area contributed by atoms with Crippen LogP contribution in [0.15, 0.2) is 24.3 Å². The van der Waals surface area contributed by atoms with Crippen molar-refractivity contribution in [3.05, 3.63) is 34.9 Å². The molecule has 2 heteroatoms. The smallest absolute Gasteiger partial charge is 0.0441 e. The first kappa shape index (κ1) is 9.04. The van der Waals surface area contributed by atoms with Crippen molar-refractivity contribution in [3.63, 3.8) is 0 Å².